The van der Waals surface area contributed by atoms with Gasteiger partial charge < -0.3 is 0 Å². The molecule has 0 atom stereocenters. The standard InChI is InChI=1S/C15H10ClNO2/c16-13-6-4-11(5-7-13)15(19)12(10-18)9-14-3-1-2-8-17-14/h1-10H/b12-9+. The number of pyridine rings is 1. The van der Waals surface area contributed by atoms with Crippen molar-refractivity contribution in [2.24, 2.45) is 0 Å². The van der Waals surface area contributed by atoms with E-state index in [4.69, 9.17) is 11.6 Å². The molecule has 19 heavy (non-hydrogen) atoms. The zero-order chi connectivity index (χ0) is 13.7. The molecule has 94 valence electrons. The maximum atomic E-state index is 12.1. The lowest BCUT2D eigenvalue weighted by molar-refractivity contribution is -0.104. The third kappa shape index (κ3) is 3.36. The summed E-state index contributed by atoms with van der Waals surface area (Å²) in [4.78, 5) is 27.2. The summed E-state index contributed by atoms with van der Waals surface area (Å²) in [6.45, 7) is 0. The molecule has 0 bridgehead atoms. The fourth-order valence-electron chi connectivity index (χ4n) is 1.54. The molecule has 0 saturated carbocycles. The number of aromatic nitrogens is 1. The van der Waals surface area contributed by atoms with Crippen molar-refractivity contribution in [2.75, 3.05) is 0 Å². The fourth-order valence-corrected chi connectivity index (χ4v) is 1.67. The molecular weight excluding hydrogens is 262 g/mol. The Balaban J connectivity index is 2.32. The number of allylic oxidation sites excluding steroid dienone is 1. The minimum Gasteiger partial charge on any atom is -0.298 e. The van der Waals surface area contributed by atoms with Crippen LogP contribution in [0.4, 0.5) is 0 Å². The highest BCUT2D eigenvalue weighted by Gasteiger charge is 2.11. The summed E-state index contributed by atoms with van der Waals surface area (Å²) >= 11 is 5.75. The van der Waals surface area contributed by atoms with Crippen molar-refractivity contribution < 1.29 is 9.59 Å². The Labute approximate surface area is 115 Å². The van der Waals surface area contributed by atoms with Gasteiger partial charge in [-0.3, -0.25) is 14.6 Å². The molecule has 1 aromatic heterocycles. The summed E-state index contributed by atoms with van der Waals surface area (Å²) in [5, 5.41) is 0.540. The van der Waals surface area contributed by atoms with Gasteiger partial charge in [0.25, 0.3) is 0 Å². The molecule has 0 aliphatic heterocycles. The molecule has 0 aliphatic rings. The minimum atomic E-state index is -0.350. The van der Waals surface area contributed by atoms with Gasteiger partial charge in [-0.15, -0.1) is 0 Å². The fraction of sp³-hybridized carbons (Fsp3) is 0. The number of rotatable bonds is 4. The monoisotopic (exact) mass is 271 g/mol. The summed E-state index contributed by atoms with van der Waals surface area (Å²) in [5.41, 5.74) is 1.03. The van der Waals surface area contributed by atoms with Crippen LogP contribution >= 0.6 is 11.6 Å². The molecule has 4 heteroatoms. The van der Waals surface area contributed by atoms with Gasteiger partial charge in [0, 0.05) is 16.8 Å². The third-order valence-corrected chi connectivity index (χ3v) is 2.74. The largest absolute Gasteiger partial charge is 0.298 e. The van der Waals surface area contributed by atoms with Crippen LogP contribution in [0.5, 0.6) is 0 Å². The maximum Gasteiger partial charge on any atom is 0.196 e. The molecule has 0 spiro atoms. The number of benzene rings is 1. The van der Waals surface area contributed by atoms with Gasteiger partial charge in [0.1, 0.15) is 0 Å². The first-order valence-electron chi connectivity index (χ1n) is 5.59. The van der Waals surface area contributed by atoms with Crippen LogP contribution < -0.4 is 0 Å². The highest BCUT2D eigenvalue weighted by molar-refractivity contribution is 6.31. The van der Waals surface area contributed by atoms with Crippen LogP contribution in [-0.2, 0) is 4.79 Å². The first-order chi connectivity index (χ1) is 9.20. The summed E-state index contributed by atoms with van der Waals surface area (Å²) in [6, 6.07) is 11.7. The Hall–Kier alpha value is -2.26. The van der Waals surface area contributed by atoms with Gasteiger partial charge in [0.15, 0.2) is 12.1 Å². The number of carbonyl (C=O) groups is 2. The Morgan fingerprint density at radius 2 is 1.84 bits per heavy atom. The van der Waals surface area contributed by atoms with E-state index in [-0.39, 0.29) is 11.4 Å². The summed E-state index contributed by atoms with van der Waals surface area (Å²) in [5.74, 6) is -0.350. The quantitative estimate of drug-likeness (QED) is 0.282. The van der Waals surface area contributed by atoms with E-state index in [0.29, 0.717) is 22.6 Å². The van der Waals surface area contributed by atoms with Crippen molar-refractivity contribution in [3.05, 3.63) is 70.5 Å². The molecule has 0 N–H and O–H groups in total. The minimum absolute atomic E-state index is 0.0565. The predicted molar refractivity (Wildman–Crippen MR) is 74.1 cm³/mol. The van der Waals surface area contributed by atoms with Gasteiger partial charge in [-0.2, -0.15) is 0 Å². The third-order valence-electron chi connectivity index (χ3n) is 2.49. The Bertz CT molecular complexity index is 618. The normalized spacial score (nSPS) is 11.1. The number of ketones is 1. The van der Waals surface area contributed by atoms with Crippen molar-refractivity contribution in [1.29, 1.82) is 0 Å². The van der Waals surface area contributed by atoms with Gasteiger partial charge in [0.2, 0.25) is 0 Å². The molecule has 2 aromatic rings. The molecule has 0 saturated heterocycles. The van der Waals surface area contributed by atoms with Gasteiger partial charge in [-0.05, 0) is 42.5 Å². The molecule has 1 heterocycles. The molecular formula is C15H10ClNO2. The SMILES string of the molecule is O=C/C(=C\c1ccccn1)C(=O)c1ccc(Cl)cc1. The summed E-state index contributed by atoms with van der Waals surface area (Å²) < 4.78 is 0. The second-order valence-corrected chi connectivity index (χ2v) is 4.24. The highest BCUT2D eigenvalue weighted by Crippen LogP contribution is 2.14. The lowest BCUT2D eigenvalue weighted by Gasteiger charge is -2.00. The zero-order valence-corrected chi connectivity index (χ0v) is 10.7. The summed E-state index contributed by atoms with van der Waals surface area (Å²) in [7, 11) is 0. The van der Waals surface area contributed by atoms with Crippen molar-refractivity contribution in [2.45, 2.75) is 0 Å². The van der Waals surface area contributed by atoms with Crippen LogP contribution in [0.25, 0.3) is 6.08 Å². The number of Topliss-reactive ketones (excluding diaryl/α,β-unsaturated/α-hetero) is 1. The van der Waals surface area contributed by atoms with Crippen LogP contribution in [-0.4, -0.2) is 17.1 Å². The van der Waals surface area contributed by atoms with E-state index >= 15 is 0 Å². The van der Waals surface area contributed by atoms with E-state index in [0.717, 1.165) is 0 Å². The van der Waals surface area contributed by atoms with Crippen molar-refractivity contribution in [1.82, 2.24) is 4.98 Å². The molecule has 0 amide bonds. The molecule has 2 rings (SSSR count). The molecule has 3 nitrogen and oxygen atoms in total. The predicted octanol–water partition coefficient (Wildman–Crippen LogP) is 3.20. The molecule has 1 aromatic carbocycles. The number of hydrogen-bond donors (Lipinski definition) is 0. The van der Waals surface area contributed by atoms with Gasteiger partial charge in [-0.25, -0.2) is 0 Å². The number of halogens is 1. The van der Waals surface area contributed by atoms with E-state index in [9.17, 15) is 9.59 Å². The smallest absolute Gasteiger partial charge is 0.196 e. The van der Waals surface area contributed by atoms with Crippen molar-refractivity contribution in [3.63, 3.8) is 0 Å². The van der Waals surface area contributed by atoms with E-state index in [1.165, 1.54) is 6.08 Å². The average Bonchev–Trinajstić information content (AvgIpc) is 2.46. The van der Waals surface area contributed by atoms with E-state index in [1.807, 2.05) is 0 Å². The van der Waals surface area contributed by atoms with Crippen LogP contribution in [0.3, 0.4) is 0 Å². The van der Waals surface area contributed by atoms with Crippen molar-refractivity contribution >= 4 is 29.7 Å². The first-order valence-corrected chi connectivity index (χ1v) is 5.96. The lowest BCUT2D eigenvalue weighted by atomic mass is 10.0. The maximum absolute atomic E-state index is 12.1. The molecule has 0 aliphatic carbocycles. The Morgan fingerprint density at radius 3 is 2.42 bits per heavy atom. The summed E-state index contributed by atoms with van der Waals surface area (Å²) in [6.07, 6.45) is 3.59. The van der Waals surface area contributed by atoms with Gasteiger partial charge >= 0.3 is 0 Å². The molecule has 0 radical (unpaired) electrons. The number of hydrogen-bond acceptors (Lipinski definition) is 3. The zero-order valence-electron chi connectivity index (χ0n) is 9.92. The van der Waals surface area contributed by atoms with Gasteiger partial charge in [-0.1, -0.05) is 17.7 Å². The van der Waals surface area contributed by atoms with E-state index < -0.39 is 0 Å². The number of nitrogens with zero attached hydrogens (tertiary/aromatic N) is 1. The second-order valence-electron chi connectivity index (χ2n) is 3.81. The van der Waals surface area contributed by atoms with Crippen LogP contribution in [0.1, 0.15) is 16.1 Å². The topological polar surface area (TPSA) is 47.0 Å². The second kappa shape index (κ2) is 6.07. The highest BCUT2D eigenvalue weighted by atomic mass is 35.5. The van der Waals surface area contributed by atoms with Gasteiger partial charge in [0.05, 0.1) is 11.3 Å². The van der Waals surface area contributed by atoms with Crippen LogP contribution in [0.2, 0.25) is 5.02 Å². The Kier molecular flexibility index (Phi) is 4.21. The first kappa shape index (κ1) is 13.2. The number of aldehydes is 1. The average molecular weight is 272 g/mol. The lowest BCUT2D eigenvalue weighted by Crippen LogP contribution is -2.04. The van der Waals surface area contributed by atoms with E-state index in [1.54, 1.807) is 48.7 Å². The van der Waals surface area contributed by atoms with Crippen LogP contribution in [0, 0.1) is 0 Å². The molecule has 0 unspecified atom stereocenters. The molecule has 0 fully saturated rings. The van der Waals surface area contributed by atoms with Crippen molar-refractivity contribution in [3.8, 4) is 0 Å². The number of carbonyl (C=O) groups excluding carboxylic acids is 2. The van der Waals surface area contributed by atoms with Crippen LogP contribution in [0.15, 0.2) is 54.2 Å². The Morgan fingerprint density at radius 1 is 1.11 bits per heavy atom. The van der Waals surface area contributed by atoms with E-state index in [2.05, 4.69) is 4.98 Å².